The summed E-state index contributed by atoms with van der Waals surface area (Å²) in [6, 6.07) is 7.15. The van der Waals surface area contributed by atoms with E-state index in [1.165, 1.54) is 7.11 Å². The minimum atomic E-state index is -0.583. The summed E-state index contributed by atoms with van der Waals surface area (Å²) in [4.78, 5) is 67.8. The number of rotatable bonds is 10. The molecule has 3 amide bonds. The maximum absolute atomic E-state index is 13.5. The third-order valence-corrected chi connectivity index (χ3v) is 10.6. The number of ether oxygens (including phenoxy) is 1. The number of nitrogens with one attached hydrogen (secondary N) is 3. The largest absolute Gasteiger partial charge is 0.453 e. The lowest BCUT2D eigenvalue weighted by Crippen LogP contribution is -2.49. The SMILES string of the molecule is [CH2][C@H](C(=O)N1CCC[C@H]1c1ncc(-c2cnc(-c3ccc(-c4cnc([C@@H]5CCCN5C(=O)[C@@H](NC(=O)OC)C5CC5)[nH]4)cc3)nc2)[nH]1)C1CC1. The van der Waals surface area contributed by atoms with E-state index < -0.39 is 12.1 Å². The molecule has 4 aliphatic rings. The average Bonchev–Trinajstić information content (AvgIpc) is 3.88. The van der Waals surface area contributed by atoms with Gasteiger partial charge in [0.15, 0.2) is 5.82 Å². The molecule has 2 saturated heterocycles. The van der Waals surface area contributed by atoms with Gasteiger partial charge in [0, 0.05) is 42.5 Å². The number of hydrogen-bond acceptors (Lipinski definition) is 8. The van der Waals surface area contributed by atoms with Gasteiger partial charge in [-0.05, 0) is 75.7 Å². The van der Waals surface area contributed by atoms with Crippen molar-refractivity contribution in [3.05, 3.63) is 67.6 Å². The minimum Gasteiger partial charge on any atom is -0.453 e. The number of hydrogen-bond donors (Lipinski definition) is 3. The molecule has 4 atom stereocenters. The fourth-order valence-corrected chi connectivity index (χ4v) is 7.44. The van der Waals surface area contributed by atoms with Crippen molar-refractivity contribution >= 4 is 17.9 Å². The highest BCUT2D eigenvalue weighted by molar-refractivity contribution is 5.87. The Hall–Kier alpha value is -5.07. The minimum absolute atomic E-state index is 0.0569. The van der Waals surface area contributed by atoms with Gasteiger partial charge in [0.1, 0.15) is 17.7 Å². The topological polar surface area (TPSA) is 162 Å². The van der Waals surface area contributed by atoms with Gasteiger partial charge in [-0.15, -0.1) is 0 Å². The third-order valence-electron chi connectivity index (χ3n) is 10.6. The van der Waals surface area contributed by atoms with Crippen LogP contribution in [-0.2, 0) is 14.3 Å². The number of aromatic nitrogens is 6. The Morgan fingerprint density at radius 1 is 0.740 bits per heavy atom. The van der Waals surface area contributed by atoms with E-state index in [1.54, 1.807) is 24.8 Å². The fourth-order valence-electron chi connectivity index (χ4n) is 7.44. The quantitative estimate of drug-likeness (QED) is 0.205. The molecule has 5 heterocycles. The predicted octanol–water partition coefficient (Wildman–Crippen LogP) is 5.25. The number of imidazole rings is 2. The number of H-pyrrole nitrogens is 2. The van der Waals surface area contributed by atoms with Gasteiger partial charge in [0.2, 0.25) is 11.8 Å². The first-order valence-electron chi connectivity index (χ1n) is 17.7. The van der Waals surface area contributed by atoms with E-state index in [4.69, 9.17) is 4.74 Å². The smallest absolute Gasteiger partial charge is 0.407 e. The van der Waals surface area contributed by atoms with Crippen LogP contribution >= 0.6 is 0 Å². The summed E-state index contributed by atoms with van der Waals surface area (Å²) in [5.41, 5.74) is 4.32. The van der Waals surface area contributed by atoms with Crippen LogP contribution in [0.1, 0.15) is 75.1 Å². The van der Waals surface area contributed by atoms with Gasteiger partial charge in [-0.2, -0.15) is 0 Å². The van der Waals surface area contributed by atoms with E-state index in [0.717, 1.165) is 97.6 Å². The molecule has 2 saturated carbocycles. The maximum Gasteiger partial charge on any atom is 0.407 e. The molecule has 4 aromatic rings. The van der Waals surface area contributed by atoms with Crippen LogP contribution in [0.4, 0.5) is 4.79 Å². The second-order valence-electron chi connectivity index (χ2n) is 14.0. The van der Waals surface area contributed by atoms with Gasteiger partial charge >= 0.3 is 6.09 Å². The average molecular weight is 677 g/mol. The van der Waals surface area contributed by atoms with Crippen molar-refractivity contribution in [3.63, 3.8) is 0 Å². The number of nitrogens with zero attached hydrogens (tertiary/aromatic N) is 6. The van der Waals surface area contributed by atoms with E-state index in [-0.39, 0.29) is 35.7 Å². The zero-order valence-corrected chi connectivity index (χ0v) is 28.2. The second-order valence-corrected chi connectivity index (χ2v) is 14.0. The first kappa shape index (κ1) is 32.2. The molecule has 0 spiro atoms. The molecule has 13 heteroatoms. The molecular formula is C37H42N9O4. The van der Waals surface area contributed by atoms with Gasteiger partial charge in [-0.25, -0.2) is 24.7 Å². The summed E-state index contributed by atoms with van der Waals surface area (Å²) < 4.78 is 4.77. The van der Waals surface area contributed by atoms with Crippen LogP contribution in [0, 0.1) is 24.7 Å². The number of methoxy groups -OCH3 is 1. The number of likely N-dealkylation sites (tertiary alicyclic amines) is 2. The number of benzene rings is 1. The van der Waals surface area contributed by atoms with Gasteiger partial charge in [0.25, 0.3) is 0 Å². The highest BCUT2D eigenvalue weighted by Gasteiger charge is 2.43. The molecule has 8 rings (SSSR count). The van der Waals surface area contributed by atoms with Crippen molar-refractivity contribution in [1.82, 2.24) is 45.0 Å². The van der Waals surface area contributed by atoms with Gasteiger partial charge in [-0.1, -0.05) is 24.3 Å². The lowest BCUT2D eigenvalue weighted by Gasteiger charge is -2.28. The first-order chi connectivity index (χ1) is 24.4. The van der Waals surface area contributed by atoms with Gasteiger partial charge in [-0.3, -0.25) is 9.59 Å². The molecule has 0 bridgehead atoms. The van der Waals surface area contributed by atoms with E-state index in [0.29, 0.717) is 18.3 Å². The molecule has 2 aliphatic carbocycles. The summed E-state index contributed by atoms with van der Waals surface area (Å²) in [6.07, 6.45) is 14.1. The van der Waals surface area contributed by atoms with Crippen molar-refractivity contribution < 1.29 is 19.1 Å². The van der Waals surface area contributed by atoms with Crippen LogP contribution in [0.3, 0.4) is 0 Å². The Morgan fingerprint density at radius 2 is 1.28 bits per heavy atom. The molecule has 3 aromatic heterocycles. The Kier molecular flexibility index (Phi) is 8.57. The molecule has 0 unspecified atom stereocenters. The van der Waals surface area contributed by atoms with E-state index in [9.17, 15) is 14.4 Å². The van der Waals surface area contributed by atoms with Crippen molar-refractivity contribution in [1.29, 1.82) is 0 Å². The van der Waals surface area contributed by atoms with Crippen LogP contribution in [0.15, 0.2) is 49.1 Å². The molecule has 13 nitrogen and oxygen atoms in total. The van der Waals surface area contributed by atoms with E-state index in [2.05, 4.69) is 42.1 Å². The molecule has 3 N–H and O–H groups in total. The lowest BCUT2D eigenvalue weighted by atomic mass is 10.0. The van der Waals surface area contributed by atoms with Crippen LogP contribution < -0.4 is 5.32 Å². The van der Waals surface area contributed by atoms with Crippen molar-refractivity contribution in [2.45, 2.75) is 69.5 Å². The second kappa shape index (κ2) is 13.3. The van der Waals surface area contributed by atoms with Crippen LogP contribution in [0.2, 0.25) is 0 Å². The highest BCUT2D eigenvalue weighted by Crippen LogP contribution is 2.41. The summed E-state index contributed by atoms with van der Waals surface area (Å²) in [5, 5.41) is 2.75. The molecule has 4 fully saturated rings. The predicted molar refractivity (Wildman–Crippen MR) is 184 cm³/mol. The molecule has 259 valence electrons. The zero-order valence-electron chi connectivity index (χ0n) is 28.2. The maximum atomic E-state index is 13.5. The summed E-state index contributed by atoms with van der Waals surface area (Å²) in [6.45, 7) is 5.52. The Morgan fingerprint density at radius 3 is 1.84 bits per heavy atom. The Labute approximate surface area is 290 Å². The summed E-state index contributed by atoms with van der Waals surface area (Å²) in [5.74, 6) is 2.60. The molecule has 1 aromatic carbocycles. The number of carbonyl (C=O) groups excluding carboxylic acids is 3. The first-order valence-corrected chi connectivity index (χ1v) is 17.7. The van der Waals surface area contributed by atoms with E-state index in [1.807, 2.05) is 34.1 Å². The zero-order chi connectivity index (χ0) is 34.4. The molecule has 50 heavy (non-hydrogen) atoms. The summed E-state index contributed by atoms with van der Waals surface area (Å²) >= 11 is 0. The Bertz CT molecular complexity index is 1860. The van der Waals surface area contributed by atoms with Crippen molar-refractivity contribution in [2.24, 2.45) is 17.8 Å². The van der Waals surface area contributed by atoms with Crippen LogP contribution in [0.5, 0.6) is 0 Å². The Balaban J connectivity index is 0.918. The van der Waals surface area contributed by atoms with Crippen molar-refractivity contribution in [2.75, 3.05) is 20.2 Å². The van der Waals surface area contributed by atoms with Crippen LogP contribution in [0.25, 0.3) is 33.9 Å². The summed E-state index contributed by atoms with van der Waals surface area (Å²) in [7, 11) is 1.31. The monoisotopic (exact) mass is 676 g/mol. The molecular weight excluding hydrogens is 634 g/mol. The normalized spacial score (nSPS) is 21.6. The fraction of sp³-hybridized carbons (Fsp3) is 0.459. The van der Waals surface area contributed by atoms with Crippen molar-refractivity contribution in [3.8, 4) is 33.9 Å². The number of aromatic amines is 2. The molecule has 1 radical (unpaired) electrons. The molecule has 2 aliphatic heterocycles. The van der Waals surface area contributed by atoms with Crippen LogP contribution in [-0.4, -0.2) is 83.9 Å². The standard InChI is InChI=1S/C37H42N9O4/c1-21(22-7-8-22)35(47)45-15-3-5-29(45)33-41-20-28(43-33)26-17-38-32(39-18-26)25-13-9-23(10-14-25)27-19-40-34(42-27)30-6-4-16-46(30)36(48)31(24-11-12-24)44-37(49)50-2/h9-10,13-14,17-22,24,29-31H,1,3-8,11-12,15-16H2,2H3,(H,40,42)(H,41,43)(H,44,49)/t21-,29-,30-,31-/m0/s1. The third kappa shape index (κ3) is 6.36. The highest BCUT2D eigenvalue weighted by atomic mass is 16.5. The van der Waals surface area contributed by atoms with Gasteiger partial charge < -0.3 is 29.8 Å². The number of alkyl carbamates (subject to hydrolysis) is 1. The lowest BCUT2D eigenvalue weighted by molar-refractivity contribution is -0.136. The van der Waals surface area contributed by atoms with E-state index >= 15 is 0 Å². The number of amides is 3. The number of carbonyl (C=O) groups is 3. The van der Waals surface area contributed by atoms with Gasteiger partial charge in [0.05, 0.1) is 43.0 Å².